The quantitative estimate of drug-likeness (QED) is 0.360. The van der Waals surface area contributed by atoms with Crippen molar-refractivity contribution in [2.75, 3.05) is 11.5 Å². The van der Waals surface area contributed by atoms with E-state index < -0.39 is 0 Å². The van der Waals surface area contributed by atoms with Gasteiger partial charge in [-0.2, -0.15) is 10.5 Å². The first-order valence-electron chi connectivity index (χ1n) is 8.25. The molecular formula is C22H16N4. The Balaban J connectivity index is 2.48. The lowest BCUT2D eigenvalue weighted by Crippen LogP contribution is -1.97. The van der Waals surface area contributed by atoms with Gasteiger partial charge >= 0.3 is 0 Å². The number of aryl methyl sites for hydroxylation is 2. The smallest absolute Gasteiger partial charge is 0.0998 e. The molecular weight excluding hydrogens is 320 g/mol. The first-order valence-corrected chi connectivity index (χ1v) is 8.25. The topological polar surface area (TPSA) is 99.6 Å². The number of hydrogen-bond donors (Lipinski definition) is 2. The van der Waals surface area contributed by atoms with Crippen LogP contribution in [0, 0.1) is 36.5 Å². The van der Waals surface area contributed by atoms with Crippen LogP contribution < -0.4 is 11.5 Å². The number of anilines is 2. The molecule has 4 rings (SSSR count). The second kappa shape index (κ2) is 5.37. The standard InChI is InChI=1S/C22H16N4/c1-11-18(25)5-3-16-14(9-23)7-13-8-15(10-24)17-4-6-19(26)12(2)21(17)22(13)20(11)16/h3-8H,25-26H2,1-2H3. The number of nitrogens with two attached hydrogens (primary N) is 2. The maximum atomic E-state index is 9.63. The van der Waals surface area contributed by atoms with E-state index >= 15 is 0 Å². The SMILES string of the molecule is Cc1c(N)ccc2c(C#N)cc3cc(C#N)c4ccc(N)c(C)c4c3c12. The van der Waals surface area contributed by atoms with Gasteiger partial charge in [0, 0.05) is 22.1 Å². The van der Waals surface area contributed by atoms with Crippen molar-refractivity contribution in [2.24, 2.45) is 0 Å². The average molecular weight is 336 g/mol. The molecule has 0 fully saturated rings. The van der Waals surface area contributed by atoms with Gasteiger partial charge in [-0.3, -0.25) is 0 Å². The number of benzene rings is 4. The molecule has 0 spiro atoms. The van der Waals surface area contributed by atoms with E-state index in [9.17, 15) is 10.5 Å². The zero-order valence-electron chi connectivity index (χ0n) is 14.5. The van der Waals surface area contributed by atoms with Crippen LogP contribution in [0.4, 0.5) is 11.4 Å². The Morgan fingerprint density at radius 2 is 1.12 bits per heavy atom. The summed E-state index contributed by atoms with van der Waals surface area (Å²) in [5.74, 6) is 0. The first kappa shape index (κ1) is 15.7. The van der Waals surface area contributed by atoms with Crippen molar-refractivity contribution in [1.29, 1.82) is 10.5 Å². The Labute approximate surface area is 150 Å². The van der Waals surface area contributed by atoms with Crippen LogP contribution in [0.5, 0.6) is 0 Å². The highest BCUT2D eigenvalue weighted by molar-refractivity contribution is 6.25. The number of fused-ring (bicyclic) bond motifs is 5. The number of nitriles is 2. The summed E-state index contributed by atoms with van der Waals surface area (Å²) in [4.78, 5) is 0. The van der Waals surface area contributed by atoms with E-state index in [0.29, 0.717) is 22.5 Å². The zero-order valence-corrected chi connectivity index (χ0v) is 14.5. The molecule has 124 valence electrons. The number of nitrogen functional groups attached to an aromatic ring is 2. The van der Waals surface area contributed by atoms with Crippen molar-refractivity contribution < 1.29 is 0 Å². The van der Waals surface area contributed by atoms with E-state index in [-0.39, 0.29) is 0 Å². The molecule has 0 radical (unpaired) electrons. The second-order valence-corrected chi connectivity index (χ2v) is 6.57. The van der Waals surface area contributed by atoms with Gasteiger partial charge in [-0.1, -0.05) is 12.1 Å². The molecule has 26 heavy (non-hydrogen) atoms. The van der Waals surface area contributed by atoms with Gasteiger partial charge in [-0.15, -0.1) is 0 Å². The Morgan fingerprint density at radius 3 is 1.50 bits per heavy atom. The van der Waals surface area contributed by atoms with Crippen molar-refractivity contribution >= 4 is 43.7 Å². The molecule has 0 aliphatic heterocycles. The number of nitrogens with zero attached hydrogens (tertiary/aromatic N) is 2. The summed E-state index contributed by atoms with van der Waals surface area (Å²) < 4.78 is 0. The first-order chi connectivity index (χ1) is 12.5. The van der Waals surface area contributed by atoms with E-state index in [1.165, 1.54) is 0 Å². The summed E-state index contributed by atoms with van der Waals surface area (Å²) >= 11 is 0. The maximum absolute atomic E-state index is 9.63. The minimum Gasteiger partial charge on any atom is -0.398 e. The largest absolute Gasteiger partial charge is 0.398 e. The lowest BCUT2D eigenvalue weighted by molar-refractivity contribution is 1.48. The van der Waals surface area contributed by atoms with Crippen LogP contribution in [0.15, 0.2) is 36.4 Å². The van der Waals surface area contributed by atoms with Crippen molar-refractivity contribution in [3.63, 3.8) is 0 Å². The van der Waals surface area contributed by atoms with Crippen LogP contribution in [0.25, 0.3) is 32.3 Å². The minimum absolute atomic E-state index is 0.570. The predicted octanol–water partition coefficient (Wildman–Crippen LogP) is 4.67. The molecule has 4 aromatic rings. The fourth-order valence-electron chi connectivity index (χ4n) is 3.80. The third-order valence-electron chi connectivity index (χ3n) is 5.22. The van der Waals surface area contributed by atoms with Crippen molar-refractivity contribution in [3.8, 4) is 12.1 Å². The van der Waals surface area contributed by atoms with Crippen LogP contribution in [0.1, 0.15) is 22.3 Å². The maximum Gasteiger partial charge on any atom is 0.0998 e. The van der Waals surface area contributed by atoms with E-state index in [4.69, 9.17) is 11.5 Å². The Bertz CT molecular complexity index is 1230. The fourth-order valence-corrected chi connectivity index (χ4v) is 3.80. The molecule has 4 N–H and O–H groups in total. The molecule has 0 aromatic heterocycles. The molecule has 4 nitrogen and oxygen atoms in total. The molecule has 4 heteroatoms. The van der Waals surface area contributed by atoms with Crippen molar-refractivity contribution in [1.82, 2.24) is 0 Å². The van der Waals surface area contributed by atoms with Crippen LogP contribution >= 0.6 is 0 Å². The third-order valence-corrected chi connectivity index (χ3v) is 5.22. The molecule has 0 aliphatic carbocycles. The molecule has 0 bridgehead atoms. The highest BCUT2D eigenvalue weighted by Gasteiger charge is 2.17. The lowest BCUT2D eigenvalue weighted by Gasteiger charge is -2.16. The van der Waals surface area contributed by atoms with Gasteiger partial charge in [0.2, 0.25) is 0 Å². The van der Waals surface area contributed by atoms with Crippen molar-refractivity contribution in [2.45, 2.75) is 13.8 Å². The Kier molecular flexibility index (Phi) is 3.26. The summed E-state index contributed by atoms with van der Waals surface area (Å²) in [7, 11) is 0. The summed E-state index contributed by atoms with van der Waals surface area (Å²) in [6, 6.07) is 15.7. The van der Waals surface area contributed by atoms with Gasteiger partial charge in [0.1, 0.15) is 0 Å². The fraction of sp³-hybridized carbons (Fsp3) is 0.0909. The van der Waals surface area contributed by atoms with Gasteiger partial charge in [-0.25, -0.2) is 0 Å². The van der Waals surface area contributed by atoms with E-state index in [0.717, 1.165) is 43.4 Å². The predicted molar refractivity (Wildman–Crippen MR) is 107 cm³/mol. The highest BCUT2D eigenvalue weighted by atomic mass is 14.6. The van der Waals surface area contributed by atoms with Gasteiger partial charge in [0.05, 0.1) is 23.3 Å². The third kappa shape index (κ3) is 1.93. The van der Waals surface area contributed by atoms with Gasteiger partial charge in [0.25, 0.3) is 0 Å². The Hall–Kier alpha value is -3.76. The van der Waals surface area contributed by atoms with Gasteiger partial charge in [0.15, 0.2) is 0 Å². The zero-order chi connectivity index (χ0) is 18.6. The summed E-state index contributed by atoms with van der Waals surface area (Å²) in [5.41, 5.74) is 16.7. The van der Waals surface area contributed by atoms with E-state index in [1.807, 2.05) is 50.2 Å². The number of rotatable bonds is 0. The molecule has 0 atom stereocenters. The monoisotopic (exact) mass is 336 g/mol. The molecule has 0 saturated heterocycles. The molecule has 0 amide bonds. The van der Waals surface area contributed by atoms with E-state index in [1.54, 1.807) is 0 Å². The van der Waals surface area contributed by atoms with Gasteiger partial charge in [-0.05, 0) is 70.8 Å². The van der Waals surface area contributed by atoms with Crippen molar-refractivity contribution in [3.05, 3.63) is 58.7 Å². The average Bonchev–Trinajstić information content (AvgIpc) is 2.65. The molecule has 0 aliphatic rings. The highest BCUT2D eigenvalue weighted by Crippen LogP contribution is 2.40. The lowest BCUT2D eigenvalue weighted by atomic mass is 9.87. The van der Waals surface area contributed by atoms with Crippen LogP contribution in [-0.4, -0.2) is 0 Å². The molecule has 4 aromatic carbocycles. The minimum atomic E-state index is 0.570. The Morgan fingerprint density at radius 1 is 0.692 bits per heavy atom. The summed E-state index contributed by atoms with van der Waals surface area (Å²) in [6.07, 6.45) is 0. The normalized spacial score (nSPS) is 10.9. The van der Waals surface area contributed by atoms with E-state index in [2.05, 4.69) is 12.1 Å². The van der Waals surface area contributed by atoms with Crippen LogP contribution in [0.3, 0.4) is 0 Å². The summed E-state index contributed by atoms with van der Waals surface area (Å²) in [5, 5.41) is 24.7. The number of hydrogen-bond acceptors (Lipinski definition) is 4. The van der Waals surface area contributed by atoms with Crippen LogP contribution in [-0.2, 0) is 0 Å². The summed E-state index contributed by atoms with van der Waals surface area (Å²) in [6.45, 7) is 3.92. The molecule has 0 saturated carbocycles. The molecule has 0 unspecified atom stereocenters. The second-order valence-electron chi connectivity index (χ2n) is 6.57. The van der Waals surface area contributed by atoms with Crippen LogP contribution in [0.2, 0.25) is 0 Å². The molecule has 0 heterocycles. The van der Waals surface area contributed by atoms with Gasteiger partial charge < -0.3 is 11.5 Å².